The molecule has 1 amide bonds. The van der Waals surface area contributed by atoms with Crippen molar-refractivity contribution in [3.63, 3.8) is 0 Å². The molecule has 0 spiro atoms. The lowest BCUT2D eigenvalue weighted by molar-refractivity contribution is 0.00852. The Kier molecular flexibility index (Phi) is 4.65. The second kappa shape index (κ2) is 6.05. The summed E-state index contributed by atoms with van der Waals surface area (Å²) in [6, 6.07) is 3.94. The third kappa shape index (κ3) is 4.01. The van der Waals surface area contributed by atoms with Crippen LogP contribution in [-0.2, 0) is 9.57 Å². The van der Waals surface area contributed by atoms with E-state index in [1.807, 2.05) is 0 Å². The molecule has 0 aliphatic rings. The molecule has 1 N–H and O–H groups in total. The third-order valence-electron chi connectivity index (χ3n) is 1.50. The van der Waals surface area contributed by atoms with Crippen molar-refractivity contribution in [2.24, 2.45) is 0 Å². The smallest absolute Gasteiger partial charge is 0.293 e. The van der Waals surface area contributed by atoms with Gasteiger partial charge in [-0.15, -0.1) is 0 Å². The minimum atomic E-state index is -0.709. The molecule has 1 heterocycles. The number of methoxy groups -OCH3 is 1. The molecule has 5 nitrogen and oxygen atoms in total. The number of pyridine rings is 1. The first kappa shape index (κ1) is 11.5. The normalized spacial score (nSPS) is 10.0. The predicted octanol–water partition coefficient (Wildman–Crippen LogP) is 0.528. The molecule has 15 heavy (non-hydrogen) atoms. The predicted molar refractivity (Wildman–Crippen MR) is 49.5 cm³/mol. The van der Waals surface area contributed by atoms with Crippen molar-refractivity contribution in [3.05, 3.63) is 29.8 Å². The van der Waals surface area contributed by atoms with Crippen LogP contribution >= 0.6 is 0 Å². The number of carbonyl (C=O) groups excluding carboxylic acids is 1. The van der Waals surface area contributed by atoms with Gasteiger partial charge in [-0.05, 0) is 12.1 Å². The number of carbonyl (C=O) groups is 1. The molecule has 1 aromatic heterocycles. The van der Waals surface area contributed by atoms with Crippen molar-refractivity contribution in [2.75, 3.05) is 20.3 Å². The van der Waals surface area contributed by atoms with Gasteiger partial charge in [0.1, 0.15) is 5.69 Å². The second-order valence-corrected chi connectivity index (χ2v) is 2.62. The summed E-state index contributed by atoms with van der Waals surface area (Å²) >= 11 is 0. The molecule has 82 valence electrons. The van der Waals surface area contributed by atoms with Gasteiger partial charge in [0.2, 0.25) is 5.95 Å². The monoisotopic (exact) mass is 214 g/mol. The van der Waals surface area contributed by atoms with Crippen LogP contribution in [0.3, 0.4) is 0 Å². The van der Waals surface area contributed by atoms with E-state index in [0.717, 1.165) is 6.07 Å². The lowest BCUT2D eigenvalue weighted by Crippen LogP contribution is -2.26. The van der Waals surface area contributed by atoms with Gasteiger partial charge >= 0.3 is 0 Å². The molecular weight excluding hydrogens is 203 g/mol. The van der Waals surface area contributed by atoms with E-state index < -0.39 is 11.9 Å². The van der Waals surface area contributed by atoms with Gasteiger partial charge in [-0.25, -0.2) is 10.5 Å². The molecule has 0 saturated heterocycles. The van der Waals surface area contributed by atoms with Crippen molar-refractivity contribution in [1.29, 1.82) is 0 Å². The molecular formula is C9H11FN2O3. The number of aromatic nitrogens is 1. The standard InChI is InChI=1S/C9H11FN2O3/c1-14-5-6-15-12-9(13)7-3-2-4-8(10)11-7/h2-4H,5-6H2,1H3,(H,12,13). The lowest BCUT2D eigenvalue weighted by Gasteiger charge is -2.04. The highest BCUT2D eigenvalue weighted by atomic mass is 19.1. The summed E-state index contributed by atoms with van der Waals surface area (Å²) in [6.45, 7) is 0.578. The van der Waals surface area contributed by atoms with Crippen molar-refractivity contribution in [2.45, 2.75) is 0 Å². The van der Waals surface area contributed by atoms with Gasteiger partial charge in [0.25, 0.3) is 5.91 Å². The number of nitrogens with one attached hydrogen (secondary N) is 1. The van der Waals surface area contributed by atoms with Crippen LogP contribution in [0.1, 0.15) is 10.5 Å². The largest absolute Gasteiger partial charge is 0.382 e. The second-order valence-electron chi connectivity index (χ2n) is 2.62. The van der Waals surface area contributed by atoms with Crippen LogP contribution in [0.4, 0.5) is 4.39 Å². The van der Waals surface area contributed by atoms with Gasteiger partial charge in [0.05, 0.1) is 13.2 Å². The fraction of sp³-hybridized carbons (Fsp3) is 0.333. The molecule has 0 aliphatic heterocycles. The first-order valence-corrected chi connectivity index (χ1v) is 4.27. The van der Waals surface area contributed by atoms with E-state index in [2.05, 4.69) is 10.5 Å². The van der Waals surface area contributed by atoms with Gasteiger partial charge < -0.3 is 4.74 Å². The molecule has 0 saturated carbocycles. The minimum Gasteiger partial charge on any atom is -0.382 e. The number of hydroxylamine groups is 1. The SMILES string of the molecule is COCCONC(=O)c1cccc(F)n1. The van der Waals surface area contributed by atoms with Crippen LogP contribution in [0.25, 0.3) is 0 Å². The van der Waals surface area contributed by atoms with E-state index in [9.17, 15) is 9.18 Å². The van der Waals surface area contributed by atoms with E-state index >= 15 is 0 Å². The average molecular weight is 214 g/mol. The Hall–Kier alpha value is -1.53. The maximum absolute atomic E-state index is 12.6. The van der Waals surface area contributed by atoms with Gasteiger partial charge in [-0.3, -0.25) is 9.63 Å². The van der Waals surface area contributed by atoms with Crippen LogP contribution in [0.2, 0.25) is 0 Å². The molecule has 1 rings (SSSR count). The number of amides is 1. The lowest BCUT2D eigenvalue weighted by atomic mass is 10.3. The Labute approximate surface area is 86.2 Å². The maximum Gasteiger partial charge on any atom is 0.293 e. The zero-order chi connectivity index (χ0) is 11.1. The van der Waals surface area contributed by atoms with Gasteiger partial charge in [-0.1, -0.05) is 6.07 Å². The molecule has 0 atom stereocenters. The summed E-state index contributed by atoms with van der Waals surface area (Å²) < 4.78 is 17.3. The fourth-order valence-electron chi connectivity index (χ4n) is 0.829. The highest BCUT2D eigenvalue weighted by molar-refractivity contribution is 5.91. The quantitative estimate of drug-likeness (QED) is 0.441. The van der Waals surface area contributed by atoms with E-state index in [1.165, 1.54) is 19.2 Å². The van der Waals surface area contributed by atoms with Crippen LogP contribution in [0.5, 0.6) is 0 Å². The third-order valence-corrected chi connectivity index (χ3v) is 1.50. The van der Waals surface area contributed by atoms with Crippen molar-refractivity contribution in [3.8, 4) is 0 Å². The highest BCUT2D eigenvalue weighted by Gasteiger charge is 2.07. The Morgan fingerprint density at radius 3 is 3.00 bits per heavy atom. The number of nitrogens with zero attached hydrogens (tertiary/aromatic N) is 1. The highest BCUT2D eigenvalue weighted by Crippen LogP contribution is 1.97. The van der Waals surface area contributed by atoms with E-state index in [0.29, 0.717) is 6.61 Å². The van der Waals surface area contributed by atoms with E-state index in [4.69, 9.17) is 9.57 Å². The maximum atomic E-state index is 12.6. The molecule has 0 aromatic carbocycles. The van der Waals surface area contributed by atoms with E-state index in [-0.39, 0.29) is 12.3 Å². The van der Waals surface area contributed by atoms with E-state index in [1.54, 1.807) is 0 Å². The summed E-state index contributed by atoms with van der Waals surface area (Å²) in [4.78, 5) is 19.4. The Bertz CT molecular complexity index is 333. The van der Waals surface area contributed by atoms with Crippen LogP contribution < -0.4 is 5.48 Å². The van der Waals surface area contributed by atoms with Gasteiger partial charge in [0, 0.05) is 7.11 Å². The topological polar surface area (TPSA) is 60.5 Å². The number of rotatable bonds is 5. The molecule has 0 bridgehead atoms. The Morgan fingerprint density at radius 1 is 1.53 bits per heavy atom. The van der Waals surface area contributed by atoms with Crippen LogP contribution in [0, 0.1) is 5.95 Å². The molecule has 1 aromatic rings. The van der Waals surface area contributed by atoms with Crippen molar-refractivity contribution in [1.82, 2.24) is 10.5 Å². The summed E-state index contributed by atoms with van der Waals surface area (Å²) in [7, 11) is 1.51. The fourth-order valence-corrected chi connectivity index (χ4v) is 0.829. The van der Waals surface area contributed by atoms with Crippen molar-refractivity contribution < 1.29 is 18.8 Å². The Balaban J connectivity index is 2.40. The molecule has 6 heteroatoms. The van der Waals surface area contributed by atoms with Crippen LogP contribution in [-0.4, -0.2) is 31.2 Å². The van der Waals surface area contributed by atoms with Gasteiger partial charge in [-0.2, -0.15) is 4.39 Å². The number of ether oxygens (including phenoxy) is 1. The molecule has 0 aliphatic carbocycles. The summed E-state index contributed by atoms with van der Waals surface area (Å²) in [5, 5.41) is 0. The zero-order valence-electron chi connectivity index (χ0n) is 8.20. The first-order chi connectivity index (χ1) is 7.24. The molecule has 0 unspecified atom stereocenters. The number of hydrogen-bond acceptors (Lipinski definition) is 4. The Morgan fingerprint density at radius 2 is 2.33 bits per heavy atom. The molecule has 0 radical (unpaired) electrons. The average Bonchev–Trinajstić information content (AvgIpc) is 2.24. The van der Waals surface area contributed by atoms with Gasteiger partial charge in [0.15, 0.2) is 0 Å². The zero-order valence-corrected chi connectivity index (χ0v) is 8.20. The number of hydrogen-bond donors (Lipinski definition) is 1. The summed E-state index contributed by atoms with van der Waals surface area (Å²) in [5.41, 5.74) is 2.08. The summed E-state index contributed by atoms with van der Waals surface area (Å²) in [5.74, 6) is -1.30. The first-order valence-electron chi connectivity index (χ1n) is 4.27. The molecule has 0 fully saturated rings. The number of halogens is 1. The summed E-state index contributed by atoms with van der Waals surface area (Å²) in [6.07, 6.45) is 0. The minimum absolute atomic E-state index is 0.0348. The van der Waals surface area contributed by atoms with Crippen molar-refractivity contribution >= 4 is 5.91 Å². The van der Waals surface area contributed by atoms with Crippen LogP contribution in [0.15, 0.2) is 18.2 Å².